The van der Waals surface area contributed by atoms with Crippen molar-refractivity contribution in [2.45, 2.75) is 19.9 Å². The van der Waals surface area contributed by atoms with Crippen LogP contribution >= 0.6 is 11.6 Å². The summed E-state index contributed by atoms with van der Waals surface area (Å²) < 4.78 is 3.35. The van der Waals surface area contributed by atoms with Crippen LogP contribution < -0.4 is 5.56 Å². The summed E-state index contributed by atoms with van der Waals surface area (Å²) in [5.74, 6) is 0.788. The number of rotatable bonds is 3. The topological polar surface area (TPSA) is 52.2 Å². The van der Waals surface area contributed by atoms with Crippen LogP contribution in [0, 0.1) is 0 Å². The molecule has 5 nitrogen and oxygen atoms in total. The highest BCUT2D eigenvalue weighted by Gasteiger charge is 2.09. The number of hydrogen-bond acceptors (Lipinski definition) is 3. The van der Waals surface area contributed by atoms with Gasteiger partial charge in [-0.1, -0.05) is 30.7 Å². The molecule has 6 heteroatoms. The summed E-state index contributed by atoms with van der Waals surface area (Å²) in [7, 11) is 0. The molecule has 0 aliphatic rings. The molecule has 102 valence electrons. The number of fused-ring (bicyclic) bond motifs is 1. The van der Waals surface area contributed by atoms with E-state index in [9.17, 15) is 4.79 Å². The van der Waals surface area contributed by atoms with Crippen LogP contribution in [0.4, 0.5) is 0 Å². The lowest BCUT2D eigenvalue weighted by atomic mass is 10.2. The van der Waals surface area contributed by atoms with Gasteiger partial charge in [-0.05, 0) is 17.7 Å². The molecule has 0 fully saturated rings. The molecule has 2 heterocycles. The fraction of sp³-hybridized carbons (Fsp3) is 0.214. The van der Waals surface area contributed by atoms with Crippen LogP contribution in [-0.2, 0) is 13.0 Å². The molecule has 0 spiro atoms. The Kier molecular flexibility index (Phi) is 3.28. The molecule has 0 saturated carbocycles. The fourth-order valence-corrected chi connectivity index (χ4v) is 2.25. The van der Waals surface area contributed by atoms with E-state index in [2.05, 4.69) is 10.2 Å². The minimum Gasteiger partial charge on any atom is -0.306 e. The summed E-state index contributed by atoms with van der Waals surface area (Å²) in [6.45, 7) is 2.47. The second-order valence-electron chi connectivity index (χ2n) is 4.52. The van der Waals surface area contributed by atoms with Gasteiger partial charge in [0.05, 0.1) is 6.54 Å². The highest BCUT2D eigenvalue weighted by Crippen LogP contribution is 2.10. The Labute approximate surface area is 120 Å². The number of benzene rings is 1. The number of nitrogens with zero attached hydrogens (tertiary/aromatic N) is 4. The van der Waals surface area contributed by atoms with Crippen LogP contribution in [0.5, 0.6) is 0 Å². The van der Waals surface area contributed by atoms with Crippen LogP contribution in [0.15, 0.2) is 41.5 Å². The van der Waals surface area contributed by atoms with Gasteiger partial charge in [0, 0.05) is 23.8 Å². The summed E-state index contributed by atoms with van der Waals surface area (Å²) in [6.07, 6.45) is 4.32. The molecule has 1 aromatic carbocycles. The van der Waals surface area contributed by atoms with Gasteiger partial charge in [0.15, 0.2) is 0 Å². The van der Waals surface area contributed by atoms with E-state index >= 15 is 0 Å². The number of aromatic nitrogens is 4. The summed E-state index contributed by atoms with van der Waals surface area (Å²) in [4.78, 5) is 12.3. The third kappa shape index (κ3) is 2.20. The SMILES string of the molecule is CCc1nnc2c(=O)n(Cc3ccc(Cl)cc3)ccn12. The highest BCUT2D eigenvalue weighted by molar-refractivity contribution is 6.30. The lowest BCUT2D eigenvalue weighted by molar-refractivity contribution is 0.747. The first-order chi connectivity index (χ1) is 9.69. The van der Waals surface area contributed by atoms with Crippen LogP contribution in [0.2, 0.25) is 5.02 Å². The average Bonchev–Trinajstić information content (AvgIpc) is 2.88. The molecule has 0 amide bonds. The Hall–Kier alpha value is -2.14. The zero-order valence-electron chi connectivity index (χ0n) is 11.0. The van der Waals surface area contributed by atoms with Gasteiger partial charge in [-0.15, -0.1) is 10.2 Å². The minimum atomic E-state index is -0.144. The van der Waals surface area contributed by atoms with Gasteiger partial charge in [-0.2, -0.15) is 0 Å². The third-order valence-electron chi connectivity index (χ3n) is 3.20. The molecule has 0 N–H and O–H groups in total. The Morgan fingerprint density at radius 1 is 1.15 bits per heavy atom. The number of halogens is 1. The van der Waals surface area contributed by atoms with Gasteiger partial charge in [-0.25, -0.2) is 0 Å². The third-order valence-corrected chi connectivity index (χ3v) is 3.45. The van der Waals surface area contributed by atoms with E-state index in [1.165, 1.54) is 0 Å². The van der Waals surface area contributed by atoms with E-state index < -0.39 is 0 Å². The molecule has 0 aliphatic heterocycles. The van der Waals surface area contributed by atoms with E-state index in [-0.39, 0.29) is 5.56 Å². The number of aryl methyl sites for hydroxylation is 1. The lowest BCUT2D eigenvalue weighted by Gasteiger charge is -2.06. The molecular formula is C14H13ClN4O. The Morgan fingerprint density at radius 2 is 1.90 bits per heavy atom. The van der Waals surface area contributed by atoms with E-state index in [1.54, 1.807) is 15.2 Å². The minimum absolute atomic E-state index is 0.144. The molecule has 0 aliphatic carbocycles. The van der Waals surface area contributed by atoms with E-state index in [0.29, 0.717) is 17.2 Å². The first kappa shape index (κ1) is 12.9. The van der Waals surface area contributed by atoms with E-state index in [4.69, 9.17) is 11.6 Å². The maximum absolute atomic E-state index is 12.3. The zero-order valence-corrected chi connectivity index (χ0v) is 11.7. The average molecular weight is 289 g/mol. The molecule has 0 unspecified atom stereocenters. The zero-order chi connectivity index (χ0) is 14.1. The molecular weight excluding hydrogens is 276 g/mol. The van der Waals surface area contributed by atoms with Gasteiger partial charge < -0.3 is 4.57 Å². The summed E-state index contributed by atoms with van der Waals surface area (Å²) >= 11 is 5.85. The summed E-state index contributed by atoms with van der Waals surface area (Å²) in [5, 5.41) is 8.66. The number of hydrogen-bond donors (Lipinski definition) is 0. The van der Waals surface area contributed by atoms with Gasteiger partial charge >= 0.3 is 0 Å². The summed E-state index contributed by atoms with van der Waals surface area (Å²) in [6, 6.07) is 7.43. The van der Waals surface area contributed by atoms with Crippen molar-refractivity contribution >= 4 is 17.2 Å². The summed E-state index contributed by atoms with van der Waals surface area (Å²) in [5.41, 5.74) is 1.23. The van der Waals surface area contributed by atoms with Crippen LogP contribution in [0.1, 0.15) is 18.3 Å². The standard InChI is InChI=1S/C14H13ClN4O/c1-2-12-16-17-13-14(20)18(7-8-19(12)13)9-10-3-5-11(15)6-4-10/h3-8H,2,9H2,1H3. The van der Waals surface area contributed by atoms with Crippen molar-refractivity contribution in [1.82, 2.24) is 19.2 Å². The Bertz CT molecular complexity index is 804. The van der Waals surface area contributed by atoms with Crippen LogP contribution in [0.25, 0.3) is 5.65 Å². The highest BCUT2D eigenvalue weighted by atomic mass is 35.5. The van der Waals surface area contributed by atoms with Crippen LogP contribution in [-0.4, -0.2) is 19.2 Å². The van der Waals surface area contributed by atoms with Crippen molar-refractivity contribution < 1.29 is 0 Å². The molecule has 0 radical (unpaired) electrons. The molecule has 20 heavy (non-hydrogen) atoms. The molecule has 0 atom stereocenters. The largest absolute Gasteiger partial charge is 0.306 e. The van der Waals surface area contributed by atoms with Gasteiger partial charge in [-0.3, -0.25) is 9.20 Å². The predicted molar refractivity (Wildman–Crippen MR) is 77.2 cm³/mol. The predicted octanol–water partition coefficient (Wildman–Crippen LogP) is 2.16. The smallest absolute Gasteiger partial charge is 0.296 e. The van der Waals surface area contributed by atoms with Gasteiger partial charge in [0.25, 0.3) is 5.56 Å². The fourth-order valence-electron chi connectivity index (χ4n) is 2.12. The van der Waals surface area contributed by atoms with E-state index in [0.717, 1.165) is 17.8 Å². The molecule has 3 rings (SSSR count). The van der Waals surface area contributed by atoms with Crippen molar-refractivity contribution in [3.63, 3.8) is 0 Å². The first-order valence-corrected chi connectivity index (χ1v) is 6.74. The molecule has 3 aromatic rings. The second-order valence-corrected chi connectivity index (χ2v) is 4.96. The second kappa shape index (κ2) is 5.09. The Morgan fingerprint density at radius 3 is 2.60 bits per heavy atom. The quantitative estimate of drug-likeness (QED) is 0.742. The van der Waals surface area contributed by atoms with Crippen molar-refractivity contribution in [2.24, 2.45) is 0 Å². The molecule has 0 bridgehead atoms. The van der Waals surface area contributed by atoms with Crippen molar-refractivity contribution in [1.29, 1.82) is 0 Å². The Balaban J connectivity index is 2.02. The lowest BCUT2D eigenvalue weighted by Crippen LogP contribution is -2.22. The van der Waals surface area contributed by atoms with Gasteiger partial charge in [0.2, 0.25) is 5.65 Å². The van der Waals surface area contributed by atoms with Gasteiger partial charge in [0.1, 0.15) is 5.82 Å². The molecule has 0 saturated heterocycles. The normalized spacial score (nSPS) is 11.1. The monoisotopic (exact) mass is 288 g/mol. The first-order valence-electron chi connectivity index (χ1n) is 6.36. The van der Waals surface area contributed by atoms with Crippen molar-refractivity contribution in [3.05, 3.63) is 63.4 Å². The molecule has 2 aromatic heterocycles. The maximum Gasteiger partial charge on any atom is 0.296 e. The van der Waals surface area contributed by atoms with E-state index in [1.807, 2.05) is 37.4 Å². The van der Waals surface area contributed by atoms with Crippen molar-refractivity contribution in [2.75, 3.05) is 0 Å². The van der Waals surface area contributed by atoms with Crippen molar-refractivity contribution in [3.8, 4) is 0 Å². The van der Waals surface area contributed by atoms with Crippen LogP contribution in [0.3, 0.4) is 0 Å². The maximum atomic E-state index is 12.3.